The second-order valence-electron chi connectivity index (χ2n) is 3.89. The molecule has 0 rings (SSSR count). The Morgan fingerprint density at radius 2 is 2.08 bits per heavy atom. The van der Waals surface area contributed by atoms with Gasteiger partial charge in [0.05, 0.1) is 4.92 Å². The maximum absolute atomic E-state index is 10.6. The molecule has 0 amide bonds. The number of nitrogens with zero attached hydrogens (tertiary/aromatic N) is 1. The van der Waals surface area contributed by atoms with E-state index in [0.29, 0.717) is 6.20 Å². The first-order chi connectivity index (χ1) is 5.81. The van der Waals surface area contributed by atoms with Crippen LogP contribution in [0.1, 0.15) is 0 Å². The molecule has 0 unspecified atom stereocenters. The van der Waals surface area contributed by atoms with E-state index in [-0.39, 0.29) is 6.61 Å². The molecule has 0 fully saturated rings. The van der Waals surface area contributed by atoms with Crippen LogP contribution in [0.2, 0.25) is 25.7 Å². The van der Waals surface area contributed by atoms with Gasteiger partial charge in [-0.3, -0.25) is 10.1 Å². The molecule has 0 aliphatic carbocycles. The molecule has 0 bridgehead atoms. The molecule has 0 aromatic carbocycles. The summed E-state index contributed by atoms with van der Waals surface area (Å²) in [6, 6.07) is 0.824. The smallest absolute Gasteiger partial charge is 0.256 e. The standard InChI is InChI=1S/C7H15NO4Si/c1-13(2,3)5-4-12-7(9)6-8(10)11/h6,9H,4-5H2,1-3H3/p-1. The monoisotopic (exact) mass is 204 g/mol. The fourth-order valence-corrected chi connectivity index (χ4v) is 1.30. The third-order valence-corrected chi connectivity index (χ3v) is 3.01. The highest BCUT2D eigenvalue weighted by atomic mass is 28.3. The molecule has 0 saturated carbocycles. The summed E-state index contributed by atoms with van der Waals surface area (Å²) >= 11 is 0. The van der Waals surface area contributed by atoms with E-state index in [1.54, 1.807) is 0 Å². The predicted octanol–water partition coefficient (Wildman–Crippen LogP) is 0.777. The molecule has 0 aliphatic heterocycles. The Morgan fingerprint density at radius 1 is 1.54 bits per heavy atom. The average molecular weight is 204 g/mol. The summed E-state index contributed by atoms with van der Waals surface area (Å²) in [7, 11) is -1.22. The minimum Gasteiger partial charge on any atom is -0.609 e. The van der Waals surface area contributed by atoms with Gasteiger partial charge in [-0.15, -0.1) is 0 Å². The zero-order valence-corrected chi connectivity index (χ0v) is 9.07. The van der Waals surface area contributed by atoms with Crippen molar-refractivity contribution in [1.82, 2.24) is 0 Å². The predicted molar refractivity (Wildman–Crippen MR) is 49.2 cm³/mol. The second kappa shape index (κ2) is 4.86. The van der Waals surface area contributed by atoms with Crippen molar-refractivity contribution in [3.63, 3.8) is 0 Å². The summed E-state index contributed by atoms with van der Waals surface area (Å²) in [5.74, 6) is -0.872. The summed E-state index contributed by atoms with van der Waals surface area (Å²) < 4.78 is 4.63. The summed E-state index contributed by atoms with van der Waals surface area (Å²) in [4.78, 5) is 9.02. The van der Waals surface area contributed by atoms with Crippen LogP contribution in [0, 0.1) is 10.1 Å². The first kappa shape index (κ1) is 12.0. The average Bonchev–Trinajstić information content (AvgIpc) is 1.81. The molecule has 6 heteroatoms. The highest BCUT2D eigenvalue weighted by Gasteiger charge is 2.10. The number of hydrogen-bond donors (Lipinski definition) is 0. The minimum atomic E-state index is -1.22. The van der Waals surface area contributed by atoms with Crippen molar-refractivity contribution in [2.75, 3.05) is 6.61 Å². The van der Waals surface area contributed by atoms with Gasteiger partial charge in [0, 0.05) is 8.07 Å². The fraction of sp³-hybridized carbons (Fsp3) is 0.714. The molecule has 13 heavy (non-hydrogen) atoms. The van der Waals surface area contributed by atoms with Crippen LogP contribution < -0.4 is 5.11 Å². The van der Waals surface area contributed by atoms with Gasteiger partial charge in [0.1, 0.15) is 5.95 Å². The molecule has 0 spiro atoms. The normalized spacial score (nSPS) is 12.7. The van der Waals surface area contributed by atoms with Crippen molar-refractivity contribution in [1.29, 1.82) is 0 Å². The maximum Gasteiger partial charge on any atom is 0.256 e. The largest absolute Gasteiger partial charge is 0.609 e. The molecule has 0 heterocycles. The Labute approximate surface area is 78.2 Å². The SMILES string of the molecule is C[Si](C)(C)CCOC([O-])=C[N+](=O)[O-]. The topological polar surface area (TPSA) is 75.4 Å². The van der Waals surface area contributed by atoms with Gasteiger partial charge in [-0.25, -0.2) is 0 Å². The Balaban J connectivity index is 3.72. The quantitative estimate of drug-likeness (QED) is 0.287. The molecule has 0 N–H and O–H groups in total. The molecule has 0 aromatic heterocycles. The lowest BCUT2D eigenvalue weighted by molar-refractivity contribution is -0.435. The molecular weight excluding hydrogens is 190 g/mol. The van der Waals surface area contributed by atoms with Crippen LogP contribution in [-0.4, -0.2) is 19.6 Å². The van der Waals surface area contributed by atoms with Crippen molar-refractivity contribution in [3.8, 4) is 0 Å². The first-order valence-electron chi connectivity index (χ1n) is 3.96. The molecular formula is C7H14NO4Si-. The van der Waals surface area contributed by atoms with E-state index >= 15 is 0 Å². The summed E-state index contributed by atoms with van der Waals surface area (Å²) in [6.07, 6.45) is 0.338. The van der Waals surface area contributed by atoms with Crippen LogP contribution in [0.4, 0.5) is 0 Å². The highest BCUT2D eigenvalue weighted by Crippen LogP contribution is 2.08. The van der Waals surface area contributed by atoms with Crippen molar-refractivity contribution in [2.24, 2.45) is 0 Å². The summed E-state index contributed by atoms with van der Waals surface area (Å²) in [5.41, 5.74) is 0. The van der Waals surface area contributed by atoms with Gasteiger partial charge in [-0.05, 0) is 12.7 Å². The third kappa shape index (κ3) is 8.87. The molecule has 0 aliphatic rings. The summed E-state index contributed by atoms with van der Waals surface area (Å²) in [6.45, 7) is 6.69. The third-order valence-electron chi connectivity index (χ3n) is 1.31. The minimum absolute atomic E-state index is 0.277. The van der Waals surface area contributed by atoms with Gasteiger partial charge in [0.15, 0.2) is 0 Å². The van der Waals surface area contributed by atoms with Crippen LogP contribution in [0.3, 0.4) is 0 Å². The maximum atomic E-state index is 10.6. The number of ether oxygens (including phenoxy) is 1. The molecule has 5 nitrogen and oxygen atoms in total. The fourth-order valence-electron chi connectivity index (χ4n) is 0.581. The zero-order valence-electron chi connectivity index (χ0n) is 8.07. The molecule has 0 aromatic rings. The number of nitro groups is 1. The van der Waals surface area contributed by atoms with Gasteiger partial charge >= 0.3 is 0 Å². The number of hydrogen-bond acceptors (Lipinski definition) is 4. The van der Waals surface area contributed by atoms with Gasteiger partial charge in [-0.1, -0.05) is 19.6 Å². The first-order valence-corrected chi connectivity index (χ1v) is 7.67. The Morgan fingerprint density at radius 3 is 2.46 bits per heavy atom. The van der Waals surface area contributed by atoms with E-state index < -0.39 is 18.9 Å². The Bertz CT molecular complexity index is 209. The van der Waals surface area contributed by atoms with Gasteiger partial charge < -0.3 is 9.84 Å². The lowest BCUT2D eigenvalue weighted by Crippen LogP contribution is -2.22. The van der Waals surface area contributed by atoms with Gasteiger partial charge in [-0.2, -0.15) is 0 Å². The van der Waals surface area contributed by atoms with E-state index in [2.05, 4.69) is 24.4 Å². The Kier molecular flexibility index (Phi) is 4.47. The molecule has 0 atom stereocenters. The van der Waals surface area contributed by atoms with Crippen LogP contribution in [-0.2, 0) is 4.74 Å². The molecule has 0 radical (unpaired) electrons. The van der Waals surface area contributed by atoms with Crippen molar-refractivity contribution in [3.05, 3.63) is 22.3 Å². The van der Waals surface area contributed by atoms with Gasteiger partial charge in [0.2, 0.25) is 0 Å². The van der Waals surface area contributed by atoms with Crippen LogP contribution in [0.5, 0.6) is 0 Å². The van der Waals surface area contributed by atoms with E-state index in [0.717, 1.165) is 6.04 Å². The van der Waals surface area contributed by atoms with E-state index in [4.69, 9.17) is 0 Å². The van der Waals surface area contributed by atoms with Crippen molar-refractivity contribution < 1.29 is 14.8 Å². The second-order valence-corrected chi connectivity index (χ2v) is 9.51. The highest BCUT2D eigenvalue weighted by molar-refractivity contribution is 6.76. The van der Waals surface area contributed by atoms with Crippen LogP contribution >= 0.6 is 0 Å². The lowest BCUT2D eigenvalue weighted by Gasteiger charge is -2.19. The van der Waals surface area contributed by atoms with Crippen molar-refractivity contribution >= 4 is 8.07 Å². The van der Waals surface area contributed by atoms with Gasteiger partial charge in [0.25, 0.3) is 6.20 Å². The van der Waals surface area contributed by atoms with E-state index in [1.165, 1.54) is 0 Å². The Hall–Kier alpha value is -1.04. The lowest BCUT2D eigenvalue weighted by atomic mass is 10.8. The van der Waals surface area contributed by atoms with E-state index in [9.17, 15) is 15.2 Å². The molecule has 76 valence electrons. The van der Waals surface area contributed by atoms with E-state index in [1.807, 2.05) is 0 Å². The molecule has 0 saturated heterocycles. The van der Waals surface area contributed by atoms with Crippen molar-refractivity contribution in [2.45, 2.75) is 25.7 Å². The number of rotatable bonds is 5. The van der Waals surface area contributed by atoms with Crippen LogP contribution in [0.15, 0.2) is 12.1 Å². The summed E-state index contributed by atoms with van der Waals surface area (Å²) in [5, 5.41) is 20.5. The zero-order chi connectivity index (χ0) is 10.5. The van der Waals surface area contributed by atoms with Crippen LogP contribution in [0.25, 0.3) is 0 Å².